The fourth-order valence-electron chi connectivity index (χ4n) is 7.89. The van der Waals surface area contributed by atoms with E-state index >= 15 is 0 Å². The summed E-state index contributed by atoms with van der Waals surface area (Å²) in [5, 5.41) is 3.73. The first-order chi connectivity index (χ1) is 22.2. The Morgan fingerprint density at radius 3 is 2.29 bits per heavy atom. The summed E-state index contributed by atoms with van der Waals surface area (Å²) in [4.78, 5) is 2.45. The predicted molar refractivity (Wildman–Crippen MR) is 189 cm³/mol. The van der Waals surface area contributed by atoms with Gasteiger partial charge < -0.3 is 15.2 Å². The Labute approximate surface area is 265 Å². The van der Waals surface area contributed by atoms with Crippen LogP contribution in [-0.2, 0) is 19.4 Å². The van der Waals surface area contributed by atoms with E-state index in [0.717, 1.165) is 36.9 Å². The number of rotatable bonds is 6. The van der Waals surface area contributed by atoms with Gasteiger partial charge in [0.05, 0.1) is 5.52 Å². The first-order valence-electron chi connectivity index (χ1n) is 16.3. The highest BCUT2D eigenvalue weighted by molar-refractivity contribution is 5.94. The number of nitrogens with two attached hydrogens (primary N) is 1. The number of nitrogen functional groups attached to an aromatic ring is 1. The maximum Gasteiger partial charge on any atom is 0.0534 e. The number of benzene rings is 5. The molecule has 0 fully saturated rings. The van der Waals surface area contributed by atoms with Gasteiger partial charge in [0, 0.05) is 52.7 Å². The zero-order valence-corrected chi connectivity index (χ0v) is 25.9. The number of anilines is 1. The fraction of sp³-hybridized carbons (Fsp3) is 0.190. The molecule has 1 heterocycles. The third-order valence-corrected chi connectivity index (χ3v) is 10.2. The molecule has 6 aromatic rings. The van der Waals surface area contributed by atoms with Crippen LogP contribution in [0.25, 0.3) is 32.9 Å². The molecule has 0 aliphatic heterocycles. The van der Waals surface area contributed by atoms with E-state index in [-0.39, 0.29) is 0 Å². The lowest BCUT2D eigenvalue weighted by molar-refractivity contribution is 0.308. The van der Waals surface area contributed by atoms with Crippen LogP contribution in [0.3, 0.4) is 0 Å². The minimum absolute atomic E-state index is 0.482. The molecular weight excluding hydrogens is 546 g/mol. The van der Waals surface area contributed by atoms with E-state index in [1.807, 2.05) is 0 Å². The van der Waals surface area contributed by atoms with Crippen molar-refractivity contribution in [2.75, 3.05) is 12.8 Å². The van der Waals surface area contributed by atoms with Gasteiger partial charge in [0.15, 0.2) is 0 Å². The van der Waals surface area contributed by atoms with Gasteiger partial charge in [-0.15, -0.1) is 0 Å². The van der Waals surface area contributed by atoms with E-state index in [0.29, 0.717) is 11.8 Å². The monoisotopic (exact) mass is 585 g/mol. The van der Waals surface area contributed by atoms with Crippen LogP contribution >= 0.6 is 0 Å². The van der Waals surface area contributed by atoms with Crippen LogP contribution in [0.4, 0.5) is 5.69 Å². The molecule has 0 bridgehead atoms. The van der Waals surface area contributed by atoms with E-state index in [1.165, 1.54) is 62.1 Å². The van der Waals surface area contributed by atoms with Gasteiger partial charge in [0.2, 0.25) is 0 Å². The van der Waals surface area contributed by atoms with E-state index in [2.05, 4.69) is 150 Å². The third kappa shape index (κ3) is 4.93. The largest absolute Gasteiger partial charge is 0.398 e. The van der Waals surface area contributed by atoms with Crippen LogP contribution < -0.4 is 5.73 Å². The zero-order valence-electron chi connectivity index (χ0n) is 25.9. The maximum absolute atomic E-state index is 6.76. The normalized spacial score (nSPS) is 18.0. The molecule has 0 amide bonds. The Bertz CT molecular complexity index is 2070. The number of fused-ring (bicyclic) bond motifs is 4. The Morgan fingerprint density at radius 2 is 1.47 bits per heavy atom. The average Bonchev–Trinajstić information content (AvgIpc) is 3.44. The second-order valence-electron chi connectivity index (χ2n) is 12.8. The Hall–Kier alpha value is -5.02. The number of hydrogen-bond donors (Lipinski definition) is 1. The van der Waals surface area contributed by atoms with Crippen molar-refractivity contribution in [3.05, 3.63) is 162 Å². The van der Waals surface area contributed by atoms with Gasteiger partial charge in [0.1, 0.15) is 0 Å². The lowest BCUT2D eigenvalue weighted by Crippen LogP contribution is -2.28. The molecule has 2 unspecified atom stereocenters. The minimum Gasteiger partial charge on any atom is -0.398 e. The molecule has 2 N–H and O–H groups in total. The first-order valence-corrected chi connectivity index (χ1v) is 16.3. The Balaban J connectivity index is 1.12. The van der Waals surface area contributed by atoms with Gasteiger partial charge in [0.25, 0.3) is 0 Å². The van der Waals surface area contributed by atoms with Crippen molar-refractivity contribution in [1.29, 1.82) is 0 Å². The molecule has 3 nitrogen and oxygen atoms in total. The second-order valence-corrected chi connectivity index (χ2v) is 12.8. The van der Waals surface area contributed by atoms with Crippen molar-refractivity contribution >= 4 is 32.9 Å². The van der Waals surface area contributed by atoms with Crippen LogP contribution in [0.5, 0.6) is 0 Å². The number of hydrogen-bond acceptors (Lipinski definition) is 2. The maximum atomic E-state index is 6.76. The van der Waals surface area contributed by atoms with Crippen LogP contribution in [0.2, 0.25) is 0 Å². The van der Waals surface area contributed by atoms with Gasteiger partial charge in [-0.3, -0.25) is 0 Å². The Kier molecular flexibility index (Phi) is 7.02. The first kappa shape index (κ1) is 27.5. The molecule has 0 saturated heterocycles. The van der Waals surface area contributed by atoms with Crippen LogP contribution in [-0.4, -0.2) is 16.5 Å². The van der Waals surface area contributed by atoms with Gasteiger partial charge in [-0.1, -0.05) is 115 Å². The van der Waals surface area contributed by atoms with Crippen LogP contribution in [0, 0.1) is 11.8 Å². The smallest absolute Gasteiger partial charge is 0.0534 e. The number of para-hydroxylation sites is 2. The highest BCUT2D eigenvalue weighted by Gasteiger charge is 2.32. The molecule has 0 radical (unpaired) electrons. The van der Waals surface area contributed by atoms with Crippen molar-refractivity contribution in [2.24, 2.45) is 11.8 Å². The molecule has 5 aromatic carbocycles. The van der Waals surface area contributed by atoms with Gasteiger partial charge in [-0.25, -0.2) is 0 Å². The van der Waals surface area contributed by atoms with E-state index in [4.69, 9.17) is 5.73 Å². The van der Waals surface area contributed by atoms with Crippen molar-refractivity contribution in [1.82, 2.24) is 9.47 Å². The van der Waals surface area contributed by atoms with E-state index in [9.17, 15) is 0 Å². The fourth-order valence-corrected chi connectivity index (χ4v) is 7.89. The van der Waals surface area contributed by atoms with Crippen molar-refractivity contribution in [2.45, 2.75) is 32.2 Å². The second kappa shape index (κ2) is 11.5. The summed E-state index contributed by atoms with van der Waals surface area (Å²) in [6, 6.07) is 43.6. The molecule has 222 valence electrons. The third-order valence-electron chi connectivity index (χ3n) is 10.2. The van der Waals surface area contributed by atoms with Crippen molar-refractivity contribution in [3.8, 4) is 5.69 Å². The van der Waals surface area contributed by atoms with Crippen molar-refractivity contribution in [3.63, 3.8) is 0 Å². The summed E-state index contributed by atoms with van der Waals surface area (Å²) in [5.41, 5.74) is 18.4. The number of aromatic nitrogens is 1. The number of allylic oxidation sites excluding steroid dienone is 4. The molecule has 0 saturated carbocycles. The van der Waals surface area contributed by atoms with E-state index < -0.39 is 0 Å². The van der Waals surface area contributed by atoms with E-state index in [1.54, 1.807) is 0 Å². The summed E-state index contributed by atoms with van der Waals surface area (Å²) >= 11 is 0. The van der Waals surface area contributed by atoms with Gasteiger partial charge in [-0.05, 0) is 77.8 Å². The zero-order chi connectivity index (χ0) is 30.3. The molecule has 8 rings (SSSR count). The molecule has 2 atom stereocenters. The van der Waals surface area contributed by atoms with Crippen LogP contribution in [0.1, 0.15) is 35.2 Å². The minimum atomic E-state index is 0.482. The van der Waals surface area contributed by atoms with Gasteiger partial charge in [-0.2, -0.15) is 0 Å². The molecule has 1 aromatic heterocycles. The lowest BCUT2D eigenvalue weighted by atomic mass is 9.74. The molecule has 2 aliphatic carbocycles. The molecular formula is C42H39N3. The summed E-state index contributed by atoms with van der Waals surface area (Å²) in [6.45, 7) is 0.780. The topological polar surface area (TPSA) is 34.2 Å². The molecule has 2 aliphatic rings. The quantitative estimate of drug-likeness (QED) is 0.198. The van der Waals surface area contributed by atoms with Crippen molar-refractivity contribution < 1.29 is 0 Å². The Morgan fingerprint density at radius 1 is 0.756 bits per heavy atom. The summed E-state index contributed by atoms with van der Waals surface area (Å²) in [6.07, 6.45) is 9.35. The summed E-state index contributed by atoms with van der Waals surface area (Å²) < 4.78 is 2.51. The SMILES string of the molecule is CN(Cc1ccc2ccccc2c1N)C1=C(c2ccccc2)C=CC(C2CCc3c(c4ccccc4n3-c3ccccc3)C2)C1. The molecule has 3 heteroatoms. The highest BCUT2D eigenvalue weighted by Crippen LogP contribution is 2.43. The summed E-state index contributed by atoms with van der Waals surface area (Å²) in [5.74, 6) is 1.08. The molecule has 45 heavy (non-hydrogen) atoms. The predicted octanol–water partition coefficient (Wildman–Crippen LogP) is 9.59. The number of nitrogens with zero attached hydrogens (tertiary/aromatic N) is 2. The van der Waals surface area contributed by atoms with Gasteiger partial charge >= 0.3 is 0 Å². The molecule has 0 spiro atoms. The lowest BCUT2D eigenvalue weighted by Gasteiger charge is -2.36. The van der Waals surface area contributed by atoms with Crippen LogP contribution in [0.15, 0.2) is 139 Å². The standard InChI is InChI=1S/C42H39N3/c1-44(28-33-21-20-30-14-8-9-17-36(30)42(33)43)41-27-32(22-24-35(41)29-12-4-2-5-13-29)31-23-25-40-38(26-31)37-18-10-11-19-39(37)45(40)34-15-6-3-7-16-34/h2-22,24,31-32H,23,25-28,43H2,1H3. The summed E-state index contributed by atoms with van der Waals surface area (Å²) in [7, 11) is 2.25. The average molecular weight is 586 g/mol. The highest BCUT2D eigenvalue weighted by atomic mass is 15.1.